The van der Waals surface area contributed by atoms with Crippen LogP contribution in [0.1, 0.15) is 16.7 Å². The van der Waals surface area contributed by atoms with E-state index in [0.29, 0.717) is 18.7 Å². The smallest absolute Gasteiger partial charge is 0.255 e. The molecule has 1 rings (SSSR count). The molecule has 2 N–H and O–H groups in total. The highest BCUT2D eigenvalue weighted by molar-refractivity contribution is 5.30. The molecule has 0 saturated carbocycles. The van der Waals surface area contributed by atoms with Crippen LogP contribution in [0.5, 0.6) is 0 Å². The van der Waals surface area contributed by atoms with Crippen molar-refractivity contribution in [3.05, 3.63) is 45.9 Å². The molecule has 0 atom stereocenters. The van der Waals surface area contributed by atoms with Crippen molar-refractivity contribution in [2.24, 2.45) is 5.73 Å². The summed E-state index contributed by atoms with van der Waals surface area (Å²) in [6.45, 7) is 8.35. The van der Waals surface area contributed by atoms with Crippen molar-refractivity contribution in [1.82, 2.24) is 4.57 Å². The molecule has 0 unspecified atom stereocenters. The van der Waals surface area contributed by atoms with Gasteiger partial charge in [-0.2, -0.15) is 0 Å². The lowest BCUT2D eigenvalue weighted by Gasteiger charge is -2.10. The number of nitrogens with zero attached hydrogens (tertiary/aromatic N) is 1. The molecule has 1 aromatic rings. The fourth-order valence-corrected chi connectivity index (χ4v) is 1.48. The van der Waals surface area contributed by atoms with Crippen molar-refractivity contribution in [1.29, 1.82) is 0 Å². The van der Waals surface area contributed by atoms with E-state index in [1.807, 2.05) is 20.0 Å². The molecule has 0 radical (unpaired) electrons. The molecule has 0 aliphatic carbocycles. The molecule has 14 heavy (non-hydrogen) atoms. The highest BCUT2D eigenvalue weighted by Gasteiger charge is 2.07. The van der Waals surface area contributed by atoms with Crippen LogP contribution in [0, 0.1) is 13.8 Å². The van der Waals surface area contributed by atoms with Crippen molar-refractivity contribution < 1.29 is 0 Å². The molecule has 0 aliphatic rings. The van der Waals surface area contributed by atoms with Crippen molar-refractivity contribution >= 4 is 0 Å². The second-order valence-electron chi connectivity index (χ2n) is 3.37. The number of hydrogen-bond donors (Lipinski definition) is 1. The molecule has 0 aromatic carbocycles. The molecule has 0 spiro atoms. The van der Waals surface area contributed by atoms with Gasteiger partial charge < -0.3 is 10.3 Å². The molecule has 3 nitrogen and oxygen atoms in total. The quantitative estimate of drug-likeness (QED) is 0.729. The number of nitrogens with two attached hydrogens (primary N) is 1. The number of aryl methyl sites for hydroxylation is 1. The van der Waals surface area contributed by atoms with Crippen LogP contribution in [0.3, 0.4) is 0 Å². The van der Waals surface area contributed by atoms with Gasteiger partial charge in [0.1, 0.15) is 0 Å². The predicted molar refractivity (Wildman–Crippen MR) is 58.3 cm³/mol. The van der Waals surface area contributed by atoms with Gasteiger partial charge in [-0.3, -0.25) is 4.79 Å². The van der Waals surface area contributed by atoms with E-state index in [9.17, 15) is 4.79 Å². The first-order chi connectivity index (χ1) is 6.61. The van der Waals surface area contributed by atoms with Crippen LogP contribution < -0.4 is 11.3 Å². The fraction of sp³-hybridized carbons (Fsp3) is 0.364. The van der Waals surface area contributed by atoms with Crippen LogP contribution >= 0.6 is 0 Å². The molecular formula is C11H16N2O. The Kier molecular flexibility index (Phi) is 3.25. The lowest BCUT2D eigenvalue weighted by Crippen LogP contribution is -2.26. The van der Waals surface area contributed by atoms with Gasteiger partial charge in [-0.05, 0) is 25.0 Å². The summed E-state index contributed by atoms with van der Waals surface area (Å²) >= 11 is 0. The number of allylic oxidation sites excluding steroid dienone is 1. The molecule has 3 heteroatoms. The minimum atomic E-state index is -0.00417. The summed E-state index contributed by atoms with van der Waals surface area (Å²) in [7, 11) is 0. The van der Waals surface area contributed by atoms with Crippen LogP contribution in [-0.4, -0.2) is 4.57 Å². The van der Waals surface area contributed by atoms with E-state index in [4.69, 9.17) is 5.73 Å². The predicted octanol–water partition coefficient (Wildman–Crippen LogP) is 1.11. The van der Waals surface area contributed by atoms with E-state index in [-0.39, 0.29) is 5.56 Å². The van der Waals surface area contributed by atoms with Crippen LogP contribution in [0.2, 0.25) is 0 Å². The maximum atomic E-state index is 11.8. The Morgan fingerprint density at radius 2 is 2.21 bits per heavy atom. The zero-order valence-electron chi connectivity index (χ0n) is 8.71. The summed E-state index contributed by atoms with van der Waals surface area (Å²) < 4.78 is 1.64. The van der Waals surface area contributed by atoms with E-state index < -0.39 is 0 Å². The van der Waals surface area contributed by atoms with Crippen LogP contribution in [0.15, 0.2) is 23.6 Å². The first-order valence-electron chi connectivity index (χ1n) is 4.62. The molecule has 0 amide bonds. The largest absolute Gasteiger partial charge is 0.326 e. The van der Waals surface area contributed by atoms with Crippen molar-refractivity contribution in [3.8, 4) is 0 Å². The summed E-state index contributed by atoms with van der Waals surface area (Å²) in [6.07, 6.45) is 3.55. The van der Waals surface area contributed by atoms with Gasteiger partial charge in [0.15, 0.2) is 0 Å². The summed E-state index contributed by atoms with van der Waals surface area (Å²) in [5.41, 5.74) is 8.33. The topological polar surface area (TPSA) is 48.0 Å². The minimum Gasteiger partial charge on any atom is -0.326 e. The molecular weight excluding hydrogens is 176 g/mol. The fourth-order valence-electron chi connectivity index (χ4n) is 1.48. The molecule has 0 fully saturated rings. The van der Waals surface area contributed by atoms with Crippen molar-refractivity contribution in [2.75, 3.05) is 0 Å². The van der Waals surface area contributed by atoms with Gasteiger partial charge in [-0.15, -0.1) is 6.58 Å². The summed E-state index contributed by atoms with van der Waals surface area (Å²) in [5.74, 6) is 0. The summed E-state index contributed by atoms with van der Waals surface area (Å²) in [4.78, 5) is 11.8. The first-order valence-corrected chi connectivity index (χ1v) is 4.62. The van der Waals surface area contributed by atoms with Crippen LogP contribution in [-0.2, 0) is 13.1 Å². The van der Waals surface area contributed by atoms with E-state index in [0.717, 1.165) is 11.1 Å². The summed E-state index contributed by atoms with van der Waals surface area (Å²) in [6, 6.07) is 0. The maximum Gasteiger partial charge on any atom is 0.255 e. The lowest BCUT2D eigenvalue weighted by molar-refractivity contribution is 0.751. The van der Waals surface area contributed by atoms with Gasteiger partial charge in [0, 0.05) is 24.8 Å². The molecule has 0 aliphatic heterocycles. The maximum absolute atomic E-state index is 11.8. The van der Waals surface area contributed by atoms with Gasteiger partial charge in [0.2, 0.25) is 0 Å². The first kappa shape index (κ1) is 10.7. The molecule has 0 saturated heterocycles. The monoisotopic (exact) mass is 192 g/mol. The normalized spacial score (nSPS) is 10.2. The Morgan fingerprint density at radius 3 is 2.71 bits per heavy atom. The number of rotatable bonds is 3. The number of hydrogen-bond acceptors (Lipinski definition) is 2. The number of pyridine rings is 1. The Hall–Kier alpha value is -1.35. The van der Waals surface area contributed by atoms with Gasteiger partial charge in [0.25, 0.3) is 5.56 Å². The third kappa shape index (κ3) is 1.77. The standard InChI is InChI=1S/C11H16N2O/c1-4-5-13-7-8(2)9(3)10(6-12)11(13)14/h4,7H,1,5-6,12H2,2-3H3. The van der Waals surface area contributed by atoms with Crippen LogP contribution in [0.4, 0.5) is 0 Å². The average Bonchev–Trinajstić information content (AvgIpc) is 2.16. The Morgan fingerprint density at radius 1 is 1.57 bits per heavy atom. The highest BCUT2D eigenvalue weighted by atomic mass is 16.1. The van der Waals surface area contributed by atoms with Gasteiger partial charge in [-0.25, -0.2) is 0 Å². The van der Waals surface area contributed by atoms with E-state index in [1.165, 1.54) is 0 Å². The molecule has 1 aromatic heterocycles. The Labute approximate surface area is 83.9 Å². The second kappa shape index (κ2) is 4.24. The average molecular weight is 192 g/mol. The SMILES string of the molecule is C=CCn1cc(C)c(C)c(CN)c1=O. The zero-order valence-corrected chi connectivity index (χ0v) is 8.71. The van der Waals surface area contributed by atoms with Gasteiger partial charge in [0.05, 0.1) is 0 Å². The zero-order chi connectivity index (χ0) is 10.7. The molecule has 0 bridgehead atoms. The van der Waals surface area contributed by atoms with Crippen molar-refractivity contribution in [3.63, 3.8) is 0 Å². The van der Waals surface area contributed by atoms with Crippen molar-refractivity contribution in [2.45, 2.75) is 26.9 Å². The van der Waals surface area contributed by atoms with Gasteiger partial charge >= 0.3 is 0 Å². The third-order valence-corrected chi connectivity index (χ3v) is 2.44. The van der Waals surface area contributed by atoms with Gasteiger partial charge in [-0.1, -0.05) is 6.08 Å². The highest BCUT2D eigenvalue weighted by Crippen LogP contribution is 2.07. The van der Waals surface area contributed by atoms with E-state index in [2.05, 4.69) is 6.58 Å². The van der Waals surface area contributed by atoms with E-state index in [1.54, 1.807) is 10.6 Å². The summed E-state index contributed by atoms with van der Waals surface area (Å²) in [5, 5.41) is 0. The third-order valence-electron chi connectivity index (χ3n) is 2.44. The molecule has 1 heterocycles. The Balaban J connectivity index is 3.42. The van der Waals surface area contributed by atoms with E-state index >= 15 is 0 Å². The Bertz CT molecular complexity index is 404. The second-order valence-corrected chi connectivity index (χ2v) is 3.37. The lowest BCUT2D eigenvalue weighted by atomic mass is 10.1. The van der Waals surface area contributed by atoms with Crippen LogP contribution in [0.25, 0.3) is 0 Å². The molecule has 76 valence electrons. The minimum absolute atomic E-state index is 0.00417. The number of aromatic nitrogens is 1.